The predicted molar refractivity (Wildman–Crippen MR) is 79.0 cm³/mol. The fourth-order valence-electron chi connectivity index (χ4n) is 1.62. The van der Waals surface area contributed by atoms with E-state index in [1.54, 1.807) is 45.0 Å². The fraction of sp³-hybridized carbons (Fsp3) is 0.500. The Hall–Kier alpha value is -2.24. The maximum atomic E-state index is 12.0. The minimum Gasteiger partial charge on any atom is -0.444 e. The number of ether oxygens (including phenoxy) is 1. The van der Waals surface area contributed by atoms with E-state index in [1.165, 1.54) is 4.90 Å². The highest BCUT2D eigenvalue weighted by Crippen LogP contribution is 2.16. The van der Waals surface area contributed by atoms with Gasteiger partial charge in [0.05, 0.1) is 6.61 Å². The summed E-state index contributed by atoms with van der Waals surface area (Å²) in [5, 5.41) is 12.6. The van der Waals surface area contributed by atoms with Crippen LogP contribution in [0.5, 0.6) is 0 Å². The Labute approximate surface area is 123 Å². The van der Waals surface area contributed by atoms with Gasteiger partial charge in [-0.3, -0.25) is 0 Å². The second-order valence-corrected chi connectivity index (χ2v) is 5.48. The van der Waals surface area contributed by atoms with Crippen LogP contribution in [-0.4, -0.2) is 34.9 Å². The van der Waals surface area contributed by atoms with Crippen LogP contribution in [0.2, 0.25) is 0 Å². The second kappa shape index (κ2) is 7.52. The largest absolute Gasteiger partial charge is 0.444 e. The van der Waals surface area contributed by atoms with Gasteiger partial charge in [0.25, 0.3) is 0 Å². The van der Waals surface area contributed by atoms with Gasteiger partial charge in [0.15, 0.2) is 0 Å². The van der Waals surface area contributed by atoms with Gasteiger partial charge in [0.2, 0.25) is 0 Å². The standard InChI is InChI=1S/C14H20N4O3/c1-14(2,3)21-13(20)18(8-9-19)10-11-4-6-12(7-5-11)16-17-15/h4-7,19H,8-10H2,1-3H3. The highest BCUT2D eigenvalue weighted by molar-refractivity contribution is 5.68. The molecule has 0 saturated heterocycles. The van der Waals surface area contributed by atoms with Gasteiger partial charge in [0, 0.05) is 23.7 Å². The average molecular weight is 292 g/mol. The van der Waals surface area contributed by atoms with Crippen molar-refractivity contribution in [2.24, 2.45) is 5.11 Å². The lowest BCUT2D eigenvalue weighted by molar-refractivity contribution is 0.0201. The van der Waals surface area contributed by atoms with Gasteiger partial charge in [-0.15, -0.1) is 0 Å². The average Bonchev–Trinajstić information content (AvgIpc) is 2.39. The molecule has 0 heterocycles. The molecule has 0 bridgehead atoms. The smallest absolute Gasteiger partial charge is 0.410 e. The first-order chi connectivity index (χ1) is 9.85. The van der Waals surface area contributed by atoms with Gasteiger partial charge in [-0.2, -0.15) is 0 Å². The van der Waals surface area contributed by atoms with Crippen LogP contribution in [0.1, 0.15) is 26.3 Å². The number of hydrogen-bond acceptors (Lipinski definition) is 4. The van der Waals surface area contributed by atoms with Crippen LogP contribution in [-0.2, 0) is 11.3 Å². The molecule has 1 aromatic carbocycles. The zero-order valence-corrected chi connectivity index (χ0v) is 12.5. The van der Waals surface area contributed by atoms with Gasteiger partial charge < -0.3 is 14.7 Å². The van der Waals surface area contributed by atoms with Crippen LogP contribution in [0.15, 0.2) is 29.4 Å². The molecule has 1 amide bonds. The van der Waals surface area contributed by atoms with Crippen molar-refractivity contribution >= 4 is 11.8 Å². The summed E-state index contributed by atoms with van der Waals surface area (Å²) >= 11 is 0. The third-order valence-corrected chi connectivity index (χ3v) is 2.49. The number of aliphatic hydroxyl groups excluding tert-OH is 1. The Balaban J connectivity index is 2.77. The maximum Gasteiger partial charge on any atom is 0.410 e. The first-order valence-corrected chi connectivity index (χ1v) is 6.58. The van der Waals surface area contributed by atoms with E-state index in [0.717, 1.165) is 5.56 Å². The molecule has 1 aromatic rings. The van der Waals surface area contributed by atoms with E-state index in [9.17, 15) is 4.79 Å². The number of azide groups is 1. The maximum absolute atomic E-state index is 12.0. The van der Waals surface area contributed by atoms with E-state index in [1.807, 2.05) is 0 Å². The summed E-state index contributed by atoms with van der Waals surface area (Å²) in [5.74, 6) is 0. The van der Waals surface area contributed by atoms with Crippen LogP contribution in [0, 0.1) is 0 Å². The monoisotopic (exact) mass is 292 g/mol. The van der Waals surface area contributed by atoms with Crippen LogP contribution < -0.4 is 0 Å². The third kappa shape index (κ3) is 6.16. The van der Waals surface area contributed by atoms with E-state index < -0.39 is 11.7 Å². The van der Waals surface area contributed by atoms with Gasteiger partial charge in [0.1, 0.15) is 5.60 Å². The van der Waals surface area contributed by atoms with Crippen molar-refractivity contribution in [3.8, 4) is 0 Å². The molecule has 0 fully saturated rings. The first kappa shape index (κ1) is 16.8. The minimum absolute atomic E-state index is 0.143. The third-order valence-electron chi connectivity index (χ3n) is 2.49. The molecule has 0 spiro atoms. The molecular weight excluding hydrogens is 272 g/mol. The van der Waals surface area contributed by atoms with Crippen LogP contribution in [0.4, 0.5) is 10.5 Å². The molecule has 21 heavy (non-hydrogen) atoms. The lowest BCUT2D eigenvalue weighted by Gasteiger charge is -2.27. The number of hydrogen-bond donors (Lipinski definition) is 1. The molecule has 7 nitrogen and oxygen atoms in total. The number of aliphatic hydroxyl groups is 1. The van der Waals surface area contributed by atoms with E-state index >= 15 is 0 Å². The highest BCUT2D eigenvalue weighted by Gasteiger charge is 2.21. The van der Waals surface area contributed by atoms with Crippen molar-refractivity contribution in [3.63, 3.8) is 0 Å². The SMILES string of the molecule is CC(C)(C)OC(=O)N(CCO)Cc1ccc(N=[N+]=[N-])cc1. The van der Waals surface area contributed by atoms with Crippen molar-refractivity contribution in [1.82, 2.24) is 4.90 Å². The van der Waals surface area contributed by atoms with Crippen molar-refractivity contribution in [3.05, 3.63) is 40.3 Å². The Morgan fingerprint density at radius 2 is 2.00 bits per heavy atom. The van der Waals surface area contributed by atoms with Gasteiger partial charge in [-0.25, -0.2) is 4.79 Å². The van der Waals surface area contributed by atoms with Crippen molar-refractivity contribution < 1.29 is 14.6 Å². The first-order valence-electron chi connectivity index (χ1n) is 6.58. The molecule has 0 aliphatic rings. The number of carbonyl (C=O) groups excluding carboxylic acids is 1. The molecule has 0 aliphatic heterocycles. The van der Waals surface area contributed by atoms with Gasteiger partial charge in [-0.05, 0) is 31.9 Å². The summed E-state index contributed by atoms with van der Waals surface area (Å²) in [7, 11) is 0. The van der Waals surface area contributed by atoms with Crippen molar-refractivity contribution in [1.29, 1.82) is 0 Å². The topological polar surface area (TPSA) is 98.5 Å². The predicted octanol–water partition coefficient (Wildman–Crippen LogP) is 3.36. The molecule has 0 aliphatic carbocycles. The Morgan fingerprint density at radius 1 is 1.38 bits per heavy atom. The molecule has 0 unspecified atom stereocenters. The lowest BCUT2D eigenvalue weighted by Crippen LogP contribution is -2.38. The van der Waals surface area contributed by atoms with Crippen molar-refractivity contribution in [2.45, 2.75) is 32.9 Å². The molecule has 7 heteroatoms. The van der Waals surface area contributed by atoms with E-state index in [2.05, 4.69) is 10.0 Å². The summed E-state index contributed by atoms with van der Waals surface area (Å²) in [6, 6.07) is 6.86. The van der Waals surface area contributed by atoms with E-state index in [4.69, 9.17) is 15.4 Å². The molecule has 1 N–H and O–H groups in total. The lowest BCUT2D eigenvalue weighted by atomic mass is 10.2. The van der Waals surface area contributed by atoms with Crippen LogP contribution in [0.25, 0.3) is 10.4 Å². The summed E-state index contributed by atoms with van der Waals surface area (Å²) in [6.07, 6.45) is -0.476. The molecule has 1 rings (SSSR count). The summed E-state index contributed by atoms with van der Waals surface area (Å²) in [6.45, 7) is 5.72. The zero-order chi connectivity index (χ0) is 15.9. The highest BCUT2D eigenvalue weighted by atomic mass is 16.6. The second-order valence-electron chi connectivity index (χ2n) is 5.48. The Morgan fingerprint density at radius 3 is 2.48 bits per heavy atom. The summed E-state index contributed by atoms with van der Waals surface area (Å²) in [4.78, 5) is 16.2. The Bertz CT molecular complexity index is 516. The molecule has 0 radical (unpaired) electrons. The number of benzene rings is 1. The number of rotatable bonds is 5. The fourth-order valence-corrected chi connectivity index (χ4v) is 1.62. The normalized spacial score (nSPS) is 10.7. The molecule has 0 aromatic heterocycles. The van der Waals surface area contributed by atoms with Crippen LogP contribution in [0.3, 0.4) is 0 Å². The number of nitrogens with zero attached hydrogens (tertiary/aromatic N) is 4. The van der Waals surface area contributed by atoms with E-state index in [0.29, 0.717) is 12.2 Å². The minimum atomic E-state index is -0.587. The Kier molecular flexibility index (Phi) is 6.02. The van der Waals surface area contributed by atoms with Crippen molar-refractivity contribution in [2.75, 3.05) is 13.2 Å². The molecular formula is C14H20N4O3. The quantitative estimate of drug-likeness (QED) is 0.511. The molecule has 0 atom stereocenters. The summed E-state index contributed by atoms with van der Waals surface area (Å²) in [5.41, 5.74) is 9.12. The molecule has 0 saturated carbocycles. The van der Waals surface area contributed by atoms with Crippen LogP contribution >= 0.6 is 0 Å². The van der Waals surface area contributed by atoms with Gasteiger partial charge in [-0.1, -0.05) is 29.4 Å². The molecule has 114 valence electrons. The number of carbonyl (C=O) groups is 1. The van der Waals surface area contributed by atoms with Gasteiger partial charge >= 0.3 is 6.09 Å². The van der Waals surface area contributed by atoms with E-state index in [-0.39, 0.29) is 13.2 Å². The zero-order valence-electron chi connectivity index (χ0n) is 12.5. The number of amides is 1. The summed E-state index contributed by atoms with van der Waals surface area (Å²) < 4.78 is 5.30.